The summed E-state index contributed by atoms with van der Waals surface area (Å²) >= 11 is 0. The highest BCUT2D eigenvalue weighted by molar-refractivity contribution is 5.98. The molecule has 0 aliphatic rings. The molecular formula is C22H25FN2O2. The van der Waals surface area contributed by atoms with Crippen LogP contribution in [0.3, 0.4) is 0 Å². The van der Waals surface area contributed by atoms with E-state index >= 15 is 0 Å². The quantitative estimate of drug-likeness (QED) is 0.634. The Morgan fingerprint density at radius 1 is 1.22 bits per heavy atom. The van der Waals surface area contributed by atoms with Gasteiger partial charge in [-0.1, -0.05) is 31.2 Å². The van der Waals surface area contributed by atoms with Gasteiger partial charge in [-0.05, 0) is 49.6 Å². The summed E-state index contributed by atoms with van der Waals surface area (Å²) < 4.78 is 15.1. The first-order valence-corrected chi connectivity index (χ1v) is 9.23. The van der Waals surface area contributed by atoms with E-state index in [2.05, 4.69) is 19.2 Å². The first-order valence-electron chi connectivity index (χ1n) is 9.23. The Morgan fingerprint density at radius 2 is 1.93 bits per heavy atom. The Kier molecular flexibility index (Phi) is 5.61. The van der Waals surface area contributed by atoms with Crippen LogP contribution in [0.4, 0.5) is 4.39 Å². The lowest BCUT2D eigenvalue weighted by molar-refractivity contribution is 0.0684. The minimum atomic E-state index is -0.952. The molecule has 0 aliphatic heterocycles. The summed E-state index contributed by atoms with van der Waals surface area (Å²) in [6, 6.07) is 12.5. The molecule has 0 saturated carbocycles. The summed E-state index contributed by atoms with van der Waals surface area (Å²) in [4.78, 5) is 12.1. The number of hydrogen-bond acceptors (Lipinski definition) is 2. The smallest absolute Gasteiger partial charge is 0.352 e. The number of carboxylic acid groups (broad SMARTS) is 1. The molecule has 0 saturated heterocycles. The van der Waals surface area contributed by atoms with E-state index in [1.165, 1.54) is 12.1 Å². The van der Waals surface area contributed by atoms with Gasteiger partial charge in [-0.15, -0.1) is 0 Å². The third-order valence-corrected chi connectivity index (χ3v) is 5.02. The van der Waals surface area contributed by atoms with E-state index in [9.17, 15) is 14.3 Å². The van der Waals surface area contributed by atoms with Crippen LogP contribution < -0.4 is 5.32 Å². The van der Waals surface area contributed by atoms with Crippen LogP contribution in [-0.2, 0) is 13.1 Å². The van der Waals surface area contributed by atoms with Crippen molar-refractivity contribution < 1.29 is 14.3 Å². The van der Waals surface area contributed by atoms with E-state index in [1.807, 2.05) is 29.7 Å². The molecule has 1 heterocycles. The van der Waals surface area contributed by atoms with Crippen molar-refractivity contribution in [1.29, 1.82) is 0 Å². The van der Waals surface area contributed by atoms with E-state index in [0.717, 1.165) is 34.0 Å². The number of nitrogens with one attached hydrogen (secondary N) is 1. The predicted molar refractivity (Wildman–Crippen MR) is 106 cm³/mol. The maximum atomic E-state index is 13.2. The minimum Gasteiger partial charge on any atom is -0.477 e. The van der Waals surface area contributed by atoms with Crippen LogP contribution in [0.1, 0.15) is 47.4 Å². The van der Waals surface area contributed by atoms with Crippen molar-refractivity contribution in [2.45, 2.75) is 46.3 Å². The molecule has 0 spiro atoms. The lowest BCUT2D eigenvalue weighted by Gasteiger charge is -2.12. The lowest BCUT2D eigenvalue weighted by Crippen LogP contribution is -2.25. The number of carbonyl (C=O) groups is 1. The van der Waals surface area contributed by atoms with Crippen LogP contribution in [0, 0.1) is 12.7 Å². The average molecular weight is 368 g/mol. The molecule has 0 aliphatic carbocycles. The Labute approximate surface area is 158 Å². The van der Waals surface area contributed by atoms with Gasteiger partial charge in [0.1, 0.15) is 11.5 Å². The van der Waals surface area contributed by atoms with Crippen molar-refractivity contribution in [2.24, 2.45) is 0 Å². The molecule has 0 amide bonds. The molecule has 2 N–H and O–H groups in total. The molecule has 1 atom stereocenters. The van der Waals surface area contributed by atoms with Crippen LogP contribution in [0.25, 0.3) is 10.9 Å². The summed E-state index contributed by atoms with van der Waals surface area (Å²) in [5.41, 5.74) is 3.89. The molecule has 1 aromatic heterocycles. The van der Waals surface area contributed by atoms with E-state index in [4.69, 9.17) is 0 Å². The van der Waals surface area contributed by atoms with Crippen molar-refractivity contribution in [1.82, 2.24) is 9.88 Å². The monoisotopic (exact) mass is 368 g/mol. The van der Waals surface area contributed by atoms with Gasteiger partial charge in [-0.25, -0.2) is 9.18 Å². The highest BCUT2D eigenvalue weighted by Gasteiger charge is 2.22. The number of aromatic carboxylic acids is 1. The average Bonchev–Trinajstić information content (AvgIpc) is 2.94. The largest absolute Gasteiger partial charge is 0.477 e. The third-order valence-electron chi connectivity index (χ3n) is 5.02. The normalized spacial score (nSPS) is 12.4. The zero-order chi connectivity index (χ0) is 19.6. The number of aryl methyl sites for hydroxylation is 1. The van der Waals surface area contributed by atoms with Gasteiger partial charge >= 0.3 is 5.97 Å². The second kappa shape index (κ2) is 7.92. The molecule has 1 unspecified atom stereocenters. The van der Waals surface area contributed by atoms with Gasteiger partial charge < -0.3 is 15.0 Å². The molecule has 27 heavy (non-hydrogen) atoms. The van der Waals surface area contributed by atoms with Crippen molar-refractivity contribution in [3.8, 4) is 0 Å². The number of hydrogen-bond donors (Lipinski definition) is 2. The number of rotatable bonds is 7. The molecule has 0 radical (unpaired) electrons. The maximum Gasteiger partial charge on any atom is 0.352 e. The number of nitrogens with zero attached hydrogens (tertiary/aromatic N) is 1. The molecule has 142 valence electrons. The van der Waals surface area contributed by atoms with Crippen LogP contribution in [0.5, 0.6) is 0 Å². The van der Waals surface area contributed by atoms with Crippen LogP contribution in [0.2, 0.25) is 0 Å². The molecule has 3 rings (SSSR count). The zero-order valence-electron chi connectivity index (χ0n) is 15.9. The third kappa shape index (κ3) is 4.03. The van der Waals surface area contributed by atoms with Crippen molar-refractivity contribution >= 4 is 16.9 Å². The topological polar surface area (TPSA) is 54.3 Å². The molecule has 0 bridgehead atoms. The summed E-state index contributed by atoms with van der Waals surface area (Å²) in [7, 11) is 0. The molecule has 3 aromatic rings. The Hall–Kier alpha value is -2.66. The number of aromatic nitrogens is 1. The van der Waals surface area contributed by atoms with Gasteiger partial charge in [0.25, 0.3) is 0 Å². The Bertz CT molecular complexity index is 961. The fourth-order valence-electron chi connectivity index (χ4n) is 3.31. The zero-order valence-corrected chi connectivity index (χ0v) is 15.9. The number of fused-ring (bicyclic) bond motifs is 1. The van der Waals surface area contributed by atoms with Gasteiger partial charge in [0, 0.05) is 35.6 Å². The van der Waals surface area contributed by atoms with Crippen LogP contribution in [0.15, 0.2) is 42.5 Å². The SMILES string of the molecule is CCC(C)NCc1c(C(=O)O)n(Cc2ccc(F)cc2)c2cc(C)ccc12. The van der Waals surface area contributed by atoms with Gasteiger partial charge in [-0.3, -0.25) is 0 Å². The van der Waals surface area contributed by atoms with Crippen molar-refractivity contribution in [2.75, 3.05) is 0 Å². The molecular weight excluding hydrogens is 343 g/mol. The van der Waals surface area contributed by atoms with Crippen LogP contribution in [-0.4, -0.2) is 21.7 Å². The second-order valence-electron chi connectivity index (χ2n) is 7.06. The molecule has 0 fully saturated rings. The van der Waals surface area contributed by atoms with Crippen molar-refractivity contribution in [3.63, 3.8) is 0 Å². The van der Waals surface area contributed by atoms with Crippen molar-refractivity contribution in [3.05, 3.63) is 70.7 Å². The van der Waals surface area contributed by atoms with Gasteiger partial charge in [-0.2, -0.15) is 0 Å². The summed E-state index contributed by atoms with van der Waals surface area (Å²) in [6.45, 7) is 7.04. The molecule has 5 heteroatoms. The summed E-state index contributed by atoms with van der Waals surface area (Å²) in [5, 5.41) is 14.3. The predicted octanol–water partition coefficient (Wildman–Crippen LogP) is 4.72. The molecule has 4 nitrogen and oxygen atoms in total. The van der Waals surface area contributed by atoms with E-state index in [0.29, 0.717) is 19.1 Å². The standard InChI is InChI=1S/C22H25FN2O2/c1-4-15(3)24-12-19-18-10-5-14(2)11-20(18)25(21(19)22(26)27)13-16-6-8-17(23)9-7-16/h5-11,15,24H,4,12-13H2,1-3H3,(H,26,27). The first-order chi connectivity index (χ1) is 12.9. The highest BCUT2D eigenvalue weighted by Crippen LogP contribution is 2.29. The van der Waals surface area contributed by atoms with Gasteiger partial charge in [0.15, 0.2) is 0 Å². The second-order valence-corrected chi connectivity index (χ2v) is 7.06. The Morgan fingerprint density at radius 3 is 2.56 bits per heavy atom. The van der Waals surface area contributed by atoms with E-state index in [1.54, 1.807) is 12.1 Å². The fourth-order valence-corrected chi connectivity index (χ4v) is 3.31. The maximum absolute atomic E-state index is 13.2. The summed E-state index contributed by atoms with van der Waals surface area (Å²) in [6.07, 6.45) is 0.968. The fraction of sp³-hybridized carbons (Fsp3) is 0.318. The lowest BCUT2D eigenvalue weighted by atomic mass is 10.1. The summed E-state index contributed by atoms with van der Waals surface area (Å²) in [5.74, 6) is -1.25. The van der Waals surface area contributed by atoms with E-state index in [-0.39, 0.29) is 11.5 Å². The number of halogens is 1. The highest BCUT2D eigenvalue weighted by atomic mass is 19.1. The van der Waals surface area contributed by atoms with E-state index < -0.39 is 5.97 Å². The van der Waals surface area contributed by atoms with Crippen LogP contribution >= 0.6 is 0 Å². The minimum absolute atomic E-state index is 0.288. The first kappa shape index (κ1) is 19.1. The number of benzene rings is 2. The molecule has 2 aromatic carbocycles. The van der Waals surface area contributed by atoms with Gasteiger partial charge in [0.05, 0.1) is 0 Å². The Balaban J connectivity index is 2.14. The number of carboxylic acids is 1. The van der Waals surface area contributed by atoms with Gasteiger partial charge in [0.2, 0.25) is 0 Å².